The predicted molar refractivity (Wildman–Crippen MR) is 84.0 cm³/mol. The number of aliphatic hydroxyl groups excluding tert-OH is 2. The highest BCUT2D eigenvalue weighted by Gasteiger charge is 2.42. The van der Waals surface area contributed by atoms with E-state index >= 15 is 0 Å². The summed E-state index contributed by atoms with van der Waals surface area (Å²) in [7, 11) is 0. The van der Waals surface area contributed by atoms with Crippen LogP contribution < -0.4 is 11.5 Å². The molecule has 9 heteroatoms. The molecule has 0 bridgehead atoms. The van der Waals surface area contributed by atoms with Crippen molar-refractivity contribution in [3.05, 3.63) is 18.1 Å². The number of aromatic nitrogens is 3. The van der Waals surface area contributed by atoms with Gasteiger partial charge in [-0.15, -0.1) is 0 Å². The number of anilines is 1. The molecule has 0 amide bonds. The summed E-state index contributed by atoms with van der Waals surface area (Å²) >= 11 is 5.06. The van der Waals surface area contributed by atoms with Gasteiger partial charge in [0.2, 0.25) is 0 Å². The van der Waals surface area contributed by atoms with Gasteiger partial charge in [0.1, 0.15) is 35.1 Å². The van der Waals surface area contributed by atoms with E-state index in [1.54, 1.807) is 10.8 Å². The Morgan fingerprint density at radius 3 is 2.82 bits per heavy atom. The SMILES string of the molecule is C[C@@H]1[C@H](O)[C@@H](CO)O[C@H]1n1cc(C(N)=S)c2c(N)ncnc21. The van der Waals surface area contributed by atoms with Gasteiger partial charge in [-0.2, -0.15) is 0 Å². The third kappa shape index (κ3) is 2.13. The Kier molecular flexibility index (Phi) is 3.73. The molecule has 0 radical (unpaired) electrons. The maximum Gasteiger partial charge on any atom is 0.148 e. The third-order valence-electron chi connectivity index (χ3n) is 4.04. The molecular formula is C13H17N5O3S. The first-order valence-electron chi connectivity index (χ1n) is 6.81. The monoisotopic (exact) mass is 323 g/mol. The van der Waals surface area contributed by atoms with Crippen LogP contribution in [-0.2, 0) is 4.74 Å². The largest absolute Gasteiger partial charge is 0.394 e. The highest BCUT2D eigenvalue weighted by Crippen LogP contribution is 2.37. The molecule has 8 nitrogen and oxygen atoms in total. The van der Waals surface area contributed by atoms with Gasteiger partial charge < -0.3 is 31.0 Å². The lowest BCUT2D eigenvalue weighted by molar-refractivity contribution is -0.0445. The van der Waals surface area contributed by atoms with E-state index in [1.165, 1.54) is 6.33 Å². The summed E-state index contributed by atoms with van der Waals surface area (Å²) in [5.41, 5.74) is 12.7. The highest BCUT2D eigenvalue weighted by atomic mass is 32.1. The second-order valence-electron chi connectivity index (χ2n) is 5.37. The van der Waals surface area contributed by atoms with E-state index in [0.29, 0.717) is 16.6 Å². The Balaban J connectivity index is 2.16. The van der Waals surface area contributed by atoms with Crippen LogP contribution >= 0.6 is 12.2 Å². The Labute approximate surface area is 131 Å². The molecule has 1 saturated heterocycles. The maximum atomic E-state index is 10.1. The Morgan fingerprint density at radius 2 is 2.23 bits per heavy atom. The van der Waals surface area contributed by atoms with Crippen LogP contribution in [0.4, 0.5) is 5.82 Å². The molecule has 1 fully saturated rings. The second-order valence-corrected chi connectivity index (χ2v) is 5.81. The molecule has 0 spiro atoms. The summed E-state index contributed by atoms with van der Waals surface area (Å²) in [6.45, 7) is 1.57. The van der Waals surface area contributed by atoms with Gasteiger partial charge in [0.15, 0.2) is 0 Å². The molecule has 22 heavy (non-hydrogen) atoms. The number of fused-ring (bicyclic) bond motifs is 1. The number of nitrogen functional groups attached to an aromatic ring is 1. The topological polar surface area (TPSA) is 132 Å². The van der Waals surface area contributed by atoms with Crippen molar-refractivity contribution in [3.63, 3.8) is 0 Å². The summed E-state index contributed by atoms with van der Waals surface area (Å²) in [4.78, 5) is 8.37. The van der Waals surface area contributed by atoms with Crippen molar-refractivity contribution in [3.8, 4) is 0 Å². The van der Waals surface area contributed by atoms with E-state index in [1.807, 2.05) is 6.92 Å². The molecule has 0 aromatic carbocycles. The maximum absolute atomic E-state index is 10.1. The van der Waals surface area contributed by atoms with Crippen molar-refractivity contribution in [1.29, 1.82) is 0 Å². The smallest absolute Gasteiger partial charge is 0.148 e. The lowest BCUT2D eigenvalue weighted by atomic mass is 10.0. The Bertz CT molecular complexity index is 734. The van der Waals surface area contributed by atoms with Gasteiger partial charge in [-0.05, 0) is 0 Å². The molecule has 1 aliphatic rings. The van der Waals surface area contributed by atoms with Crippen LogP contribution in [0.15, 0.2) is 12.5 Å². The number of nitrogens with two attached hydrogens (primary N) is 2. The number of hydrogen-bond donors (Lipinski definition) is 4. The fraction of sp³-hybridized carbons (Fsp3) is 0.462. The van der Waals surface area contributed by atoms with Gasteiger partial charge in [-0.25, -0.2) is 9.97 Å². The lowest BCUT2D eigenvalue weighted by Crippen LogP contribution is -2.28. The van der Waals surface area contributed by atoms with Crippen LogP contribution in [-0.4, -0.2) is 48.6 Å². The van der Waals surface area contributed by atoms with Crippen molar-refractivity contribution in [2.75, 3.05) is 12.3 Å². The zero-order chi connectivity index (χ0) is 16.0. The third-order valence-corrected chi connectivity index (χ3v) is 4.26. The van der Waals surface area contributed by atoms with Gasteiger partial charge in [0, 0.05) is 17.7 Å². The fourth-order valence-corrected chi connectivity index (χ4v) is 3.00. The minimum Gasteiger partial charge on any atom is -0.394 e. The van der Waals surface area contributed by atoms with Crippen LogP contribution in [0.1, 0.15) is 18.7 Å². The first-order chi connectivity index (χ1) is 10.5. The number of rotatable bonds is 3. The van der Waals surface area contributed by atoms with Crippen molar-refractivity contribution in [1.82, 2.24) is 14.5 Å². The van der Waals surface area contributed by atoms with Crippen LogP contribution in [0.25, 0.3) is 11.0 Å². The van der Waals surface area contributed by atoms with E-state index in [4.69, 9.17) is 28.4 Å². The van der Waals surface area contributed by atoms with Gasteiger partial charge in [0.25, 0.3) is 0 Å². The number of ether oxygens (including phenoxy) is 1. The van der Waals surface area contributed by atoms with E-state index < -0.39 is 18.4 Å². The molecule has 1 aliphatic heterocycles. The number of aliphatic hydroxyl groups is 2. The highest BCUT2D eigenvalue weighted by molar-refractivity contribution is 7.80. The normalized spacial score (nSPS) is 28.3. The average molecular weight is 323 g/mol. The molecule has 0 unspecified atom stereocenters. The quantitative estimate of drug-likeness (QED) is 0.558. The molecule has 6 N–H and O–H groups in total. The van der Waals surface area contributed by atoms with Gasteiger partial charge in [0.05, 0.1) is 18.1 Å². The fourth-order valence-electron chi connectivity index (χ4n) is 2.85. The van der Waals surface area contributed by atoms with Crippen LogP contribution in [0, 0.1) is 5.92 Å². The Hall–Kier alpha value is -1.81. The Morgan fingerprint density at radius 1 is 1.50 bits per heavy atom. The molecule has 3 heterocycles. The first kappa shape index (κ1) is 15.1. The van der Waals surface area contributed by atoms with Crippen molar-refractivity contribution in [2.24, 2.45) is 11.7 Å². The van der Waals surface area contributed by atoms with Gasteiger partial charge in [-0.3, -0.25) is 0 Å². The van der Waals surface area contributed by atoms with E-state index in [2.05, 4.69) is 9.97 Å². The molecule has 118 valence electrons. The van der Waals surface area contributed by atoms with Crippen LogP contribution in [0.3, 0.4) is 0 Å². The molecule has 0 aliphatic carbocycles. The van der Waals surface area contributed by atoms with Gasteiger partial charge >= 0.3 is 0 Å². The average Bonchev–Trinajstić information content (AvgIpc) is 3.00. The van der Waals surface area contributed by atoms with E-state index in [9.17, 15) is 10.2 Å². The van der Waals surface area contributed by atoms with Crippen molar-refractivity contribution in [2.45, 2.75) is 25.4 Å². The zero-order valence-electron chi connectivity index (χ0n) is 11.9. The summed E-state index contributed by atoms with van der Waals surface area (Å²) in [5.74, 6) is 0.0274. The number of nitrogens with zero attached hydrogens (tertiary/aromatic N) is 3. The van der Waals surface area contributed by atoms with Crippen LogP contribution in [0.5, 0.6) is 0 Å². The summed E-state index contributed by atoms with van der Waals surface area (Å²) in [5, 5.41) is 20.0. The minimum absolute atomic E-state index is 0.176. The van der Waals surface area contributed by atoms with Gasteiger partial charge in [-0.1, -0.05) is 19.1 Å². The summed E-state index contributed by atoms with van der Waals surface area (Å²) in [6.07, 6.45) is 1.11. The number of thiocarbonyl (C=S) groups is 1. The number of hydrogen-bond acceptors (Lipinski definition) is 7. The first-order valence-corrected chi connectivity index (χ1v) is 7.21. The van der Waals surface area contributed by atoms with E-state index in [0.717, 1.165) is 0 Å². The van der Waals surface area contributed by atoms with Crippen molar-refractivity contribution >= 4 is 34.1 Å². The summed E-state index contributed by atoms with van der Waals surface area (Å²) < 4.78 is 7.47. The predicted octanol–water partition coefficient (Wildman–Crippen LogP) is -0.466. The second kappa shape index (κ2) is 5.43. The molecule has 2 aromatic heterocycles. The minimum atomic E-state index is -0.778. The van der Waals surface area contributed by atoms with E-state index in [-0.39, 0.29) is 23.3 Å². The van der Waals surface area contributed by atoms with Crippen LogP contribution in [0.2, 0.25) is 0 Å². The standard InChI is InChI=1S/C13H17N5O3S/c1-5-9(20)7(3-19)21-13(5)18-2-6(11(15)22)8-10(14)16-4-17-12(8)18/h2,4-5,7,9,13,19-20H,3H2,1H3,(H2,15,22)(H2,14,16,17)/t5-,7-,9+,13-/m1/s1. The zero-order valence-corrected chi connectivity index (χ0v) is 12.7. The lowest BCUT2D eigenvalue weighted by Gasteiger charge is -2.18. The molecule has 2 aromatic rings. The summed E-state index contributed by atoms with van der Waals surface area (Å²) in [6, 6.07) is 0. The molecule has 0 saturated carbocycles. The molecule has 4 atom stereocenters. The molecular weight excluding hydrogens is 306 g/mol. The van der Waals surface area contributed by atoms with Crippen molar-refractivity contribution < 1.29 is 14.9 Å². The molecule has 3 rings (SSSR count).